The van der Waals surface area contributed by atoms with Gasteiger partial charge in [-0.3, -0.25) is 4.79 Å². The summed E-state index contributed by atoms with van der Waals surface area (Å²) in [5.74, 6) is 0.133. The Labute approximate surface area is 60.6 Å². The zero-order chi connectivity index (χ0) is 7.61. The third kappa shape index (κ3) is 1.10. The number of Topliss-reactive ketones (excluding diaryl/α,β-unsaturated/α-hetero) is 1. The maximum Gasteiger partial charge on any atom is 0.158 e. The van der Waals surface area contributed by atoms with Gasteiger partial charge in [0.1, 0.15) is 5.54 Å². The number of dihydropyridines is 1. The number of carbonyl (C=O) groups is 1. The Morgan fingerprint density at radius 3 is 2.50 bits per heavy atom. The first-order chi connectivity index (χ1) is 4.65. The van der Waals surface area contributed by atoms with Gasteiger partial charge in [0.15, 0.2) is 5.78 Å². The summed E-state index contributed by atoms with van der Waals surface area (Å²) >= 11 is 0. The molecule has 1 aliphatic rings. The molecule has 2 nitrogen and oxygen atoms in total. The molecule has 1 aliphatic heterocycles. The van der Waals surface area contributed by atoms with E-state index in [1.165, 1.54) is 0 Å². The van der Waals surface area contributed by atoms with Crippen molar-refractivity contribution in [3.8, 4) is 0 Å². The lowest BCUT2D eigenvalue weighted by molar-refractivity contribution is -0.120. The second kappa shape index (κ2) is 2.29. The molecule has 0 aromatic heterocycles. The molecule has 0 aromatic carbocycles. The highest BCUT2D eigenvalue weighted by Gasteiger charge is 2.25. The molecular weight excluding hydrogens is 126 g/mol. The summed E-state index contributed by atoms with van der Waals surface area (Å²) in [7, 11) is 0. The van der Waals surface area contributed by atoms with Crippen LogP contribution in [0, 0.1) is 0 Å². The first-order valence-corrected chi connectivity index (χ1v) is 3.28. The molecule has 0 radical (unpaired) electrons. The van der Waals surface area contributed by atoms with Crippen LogP contribution in [0.15, 0.2) is 24.4 Å². The Morgan fingerprint density at radius 1 is 1.50 bits per heavy atom. The first-order valence-electron chi connectivity index (χ1n) is 3.28. The maximum atomic E-state index is 11.0. The minimum absolute atomic E-state index is 0.133. The molecule has 0 bridgehead atoms. The van der Waals surface area contributed by atoms with Gasteiger partial charge in [0, 0.05) is 0 Å². The van der Waals surface area contributed by atoms with Crippen molar-refractivity contribution in [2.75, 3.05) is 0 Å². The van der Waals surface area contributed by atoms with Crippen LogP contribution in [-0.4, -0.2) is 11.3 Å². The van der Waals surface area contributed by atoms with Gasteiger partial charge in [-0.25, -0.2) is 0 Å². The number of nitrogens with one attached hydrogen (secondary N) is 1. The van der Waals surface area contributed by atoms with Crippen molar-refractivity contribution in [1.29, 1.82) is 0 Å². The van der Waals surface area contributed by atoms with Crippen LogP contribution in [-0.2, 0) is 4.79 Å². The lowest BCUT2D eigenvalue weighted by Gasteiger charge is -2.24. The normalized spacial score (nSPS) is 29.8. The second-order valence-electron chi connectivity index (χ2n) is 2.62. The van der Waals surface area contributed by atoms with E-state index in [0.29, 0.717) is 0 Å². The quantitative estimate of drug-likeness (QED) is 0.584. The average Bonchev–Trinajstić information content (AvgIpc) is 1.89. The van der Waals surface area contributed by atoms with E-state index in [1.54, 1.807) is 13.1 Å². The van der Waals surface area contributed by atoms with Crippen molar-refractivity contribution < 1.29 is 4.79 Å². The van der Waals surface area contributed by atoms with Crippen LogP contribution in [0.4, 0.5) is 0 Å². The molecule has 10 heavy (non-hydrogen) atoms. The van der Waals surface area contributed by atoms with E-state index in [9.17, 15) is 4.79 Å². The number of rotatable bonds is 1. The van der Waals surface area contributed by atoms with Crippen LogP contribution >= 0.6 is 0 Å². The van der Waals surface area contributed by atoms with E-state index >= 15 is 0 Å². The molecule has 0 saturated heterocycles. The summed E-state index contributed by atoms with van der Waals surface area (Å²) in [6.07, 6.45) is 7.37. The second-order valence-corrected chi connectivity index (χ2v) is 2.62. The summed E-state index contributed by atoms with van der Waals surface area (Å²) in [4.78, 5) is 11.0. The highest BCUT2D eigenvalue weighted by Crippen LogP contribution is 2.10. The number of hydrogen-bond donors (Lipinski definition) is 1. The number of allylic oxidation sites excluding steroid dienone is 2. The van der Waals surface area contributed by atoms with Crippen molar-refractivity contribution in [2.45, 2.75) is 19.4 Å². The molecule has 0 spiro atoms. The minimum atomic E-state index is -0.477. The Hall–Kier alpha value is -1.05. The monoisotopic (exact) mass is 137 g/mol. The molecule has 0 saturated carbocycles. The predicted octanol–water partition coefficient (Wildman–Crippen LogP) is 1.01. The van der Waals surface area contributed by atoms with E-state index in [2.05, 4.69) is 5.32 Å². The molecule has 1 rings (SSSR count). The summed E-state index contributed by atoms with van der Waals surface area (Å²) in [6, 6.07) is 0. The zero-order valence-corrected chi connectivity index (χ0v) is 6.22. The summed E-state index contributed by atoms with van der Waals surface area (Å²) < 4.78 is 0. The highest BCUT2D eigenvalue weighted by molar-refractivity contribution is 5.88. The fourth-order valence-electron chi connectivity index (χ4n) is 0.792. The summed E-state index contributed by atoms with van der Waals surface area (Å²) in [5.41, 5.74) is -0.477. The third-order valence-corrected chi connectivity index (χ3v) is 1.75. The van der Waals surface area contributed by atoms with Gasteiger partial charge in [-0.2, -0.15) is 0 Å². The van der Waals surface area contributed by atoms with Gasteiger partial charge in [0.05, 0.1) is 0 Å². The number of ketones is 1. The lowest BCUT2D eigenvalue weighted by Crippen LogP contribution is -2.44. The molecule has 54 valence electrons. The molecular formula is C8H11NO. The van der Waals surface area contributed by atoms with E-state index in [-0.39, 0.29) is 5.78 Å². The Morgan fingerprint density at radius 2 is 2.20 bits per heavy atom. The smallest absolute Gasteiger partial charge is 0.158 e. The van der Waals surface area contributed by atoms with E-state index in [1.807, 2.05) is 25.2 Å². The van der Waals surface area contributed by atoms with Gasteiger partial charge in [-0.05, 0) is 26.1 Å². The topological polar surface area (TPSA) is 29.1 Å². The molecule has 1 N–H and O–H groups in total. The van der Waals surface area contributed by atoms with Crippen molar-refractivity contribution in [2.24, 2.45) is 0 Å². The first kappa shape index (κ1) is 7.06. The Balaban J connectivity index is 2.80. The highest BCUT2D eigenvalue weighted by atomic mass is 16.1. The summed E-state index contributed by atoms with van der Waals surface area (Å²) in [5, 5.41) is 2.98. The standard InChI is InChI=1S/C8H11NO/c1-7(10)8(2)5-3-4-6-9-8/h3-6,9H,1-2H3. The van der Waals surface area contributed by atoms with Gasteiger partial charge in [-0.15, -0.1) is 0 Å². The fourth-order valence-corrected chi connectivity index (χ4v) is 0.792. The largest absolute Gasteiger partial charge is 0.376 e. The van der Waals surface area contributed by atoms with Crippen LogP contribution in [0.3, 0.4) is 0 Å². The third-order valence-electron chi connectivity index (χ3n) is 1.75. The minimum Gasteiger partial charge on any atom is -0.376 e. The van der Waals surface area contributed by atoms with Gasteiger partial charge < -0.3 is 5.32 Å². The van der Waals surface area contributed by atoms with Crippen LogP contribution in [0.2, 0.25) is 0 Å². The van der Waals surface area contributed by atoms with Crippen molar-refractivity contribution in [1.82, 2.24) is 5.32 Å². The molecule has 1 unspecified atom stereocenters. The Bertz CT molecular complexity index is 205. The summed E-state index contributed by atoms with van der Waals surface area (Å²) in [6.45, 7) is 3.44. The molecule has 0 aromatic rings. The molecule has 2 heteroatoms. The molecule has 0 fully saturated rings. The Kier molecular flexibility index (Phi) is 1.62. The zero-order valence-electron chi connectivity index (χ0n) is 6.22. The predicted molar refractivity (Wildman–Crippen MR) is 40.5 cm³/mol. The maximum absolute atomic E-state index is 11.0. The number of hydrogen-bond acceptors (Lipinski definition) is 2. The molecule has 0 aliphatic carbocycles. The van der Waals surface area contributed by atoms with Gasteiger partial charge >= 0.3 is 0 Å². The fraction of sp³-hybridized carbons (Fsp3) is 0.375. The van der Waals surface area contributed by atoms with E-state index in [0.717, 1.165) is 0 Å². The van der Waals surface area contributed by atoms with Crippen LogP contribution in [0.1, 0.15) is 13.8 Å². The van der Waals surface area contributed by atoms with Crippen molar-refractivity contribution >= 4 is 5.78 Å². The SMILES string of the molecule is CC(=O)C1(C)C=CC=CN1. The number of carbonyl (C=O) groups excluding carboxylic acids is 1. The van der Waals surface area contributed by atoms with Crippen LogP contribution in [0.5, 0.6) is 0 Å². The van der Waals surface area contributed by atoms with Crippen LogP contribution < -0.4 is 5.32 Å². The average molecular weight is 137 g/mol. The molecule has 1 atom stereocenters. The van der Waals surface area contributed by atoms with Crippen LogP contribution in [0.25, 0.3) is 0 Å². The lowest BCUT2D eigenvalue weighted by atomic mass is 9.96. The van der Waals surface area contributed by atoms with E-state index < -0.39 is 5.54 Å². The molecule has 1 heterocycles. The van der Waals surface area contributed by atoms with Crippen molar-refractivity contribution in [3.63, 3.8) is 0 Å². The van der Waals surface area contributed by atoms with Gasteiger partial charge in [-0.1, -0.05) is 12.2 Å². The molecule has 0 amide bonds. The van der Waals surface area contributed by atoms with Crippen molar-refractivity contribution in [3.05, 3.63) is 24.4 Å². The van der Waals surface area contributed by atoms with Gasteiger partial charge in [0.25, 0.3) is 0 Å². The van der Waals surface area contributed by atoms with Gasteiger partial charge in [0.2, 0.25) is 0 Å². The van der Waals surface area contributed by atoms with E-state index in [4.69, 9.17) is 0 Å².